The number of thiocarbonyl (C=S) groups is 1. The standard InChI is InChI=1S/C4H8N2O5S2.2Na/c7-3(8)1-5-4(12)6-2-13(9,10)11;;/h1-2H2,(H,7,8)(H2,5,6,12)(H,9,10,11);;/q;2*+1/p-2. The van der Waals surface area contributed by atoms with E-state index in [0.29, 0.717) is 0 Å². The van der Waals surface area contributed by atoms with Crippen molar-refractivity contribution in [3.05, 3.63) is 0 Å². The van der Waals surface area contributed by atoms with Crippen LogP contribution in [0.25, 0.3) is 0 Å². The second-order valence-corrected chi connectivity index (χ2v) is 3.75. The summed E-state index contributed by atoms with van der Waals surface area (Å²) in [5.74, 6) is -2.28. The van der Waals surface area contributed by atoms with E-state index in [1.165, 1.54) is 0 Å². The Morgan fingerprint density at radius 3 is 2.07 bits per heavy atom. The molecule has 0 unspecified atom stereocenters. The van der Waals surface area contributed by atoms with E-state index < -0.39 is 28.5 Å². The van der Waals surface area contributed by atoms with Crippen molar-refractivity contribution in [3.63, 3.8) is 0 Å². The Morgan fingerprint density at radius 1 is 1.27 bits per heavy atom. The molecule has 0 atom stereocenters. The smallest absolute Gasteiger partial charge is 0.747 e. The van der Waals surface area contributed by atoms with Crippen LogP contribution < -0.4 is 74.9 Å². The Bertz CT molecular complexity index is 306. The van der Waals surface area contributed by atoms with Crippen molar-refractivity contribution in [2.75, 3.05) is 12.4 Å². The predicted octanol–water partition coefficient (Wildman–Crippen LogP) is -9.29. The molecule has 0 aromatic rings. The van der Waals surface area contributed by atoms with Crippen molar-refractivity contribution in [2.45, 2.75) is 0 Å². The van der Waals surface area contributed by atoms with Gasteiger partial charge in [-0.15, -0.1) is 0 Å². The summed E-state index contributed by atoms with van der Waals surface area (Å²) in [6, 6.07) is 0. The van der Waals surface area contributed by atoms with Crippen molar-refractivity contribution in [3.8, 4) is 0 Å². The second-order valence-electron chi connectivity index (χ2n) is 1.93. The summed E-state index contributed by atoms with van der Waals surface area (Å²) < 4.78 is 30.1. The number of hydrogen-bond acceptors (Lipinski definition) is 6. The van der Waals surface area contributed by atoms with Crippen LogP contribution >= 0.6 is 12.2 Å². The summed E-state index contributed by atoms with van der Waals surface area (Å²) in [5, 5.41) is 13.7. The molecule has 0 aromatic heterocycles. The Kier molecular flexibility index (Phi) is 14.6. The molecular formula is C4H6N2Na2O5S2. The first kappa shape index (κ1) is 21.4. The van der Waals surface area contributed by atoms with Crippen LogP contribution in [-0.4, -0.2) is 36.5 Å². The maximum absolute atomic E-state index is 10.0. The number of carbonyl (C=O) groups excluding carboxylic acids is 1. The van der Waals surface area contributed by atoms with Crippen LogP contribution in [0.3, 0.4) is 0 Å². The van der Waals surface area contributed by atoms with E-state index in [2.05, 4.69) is 17.5 Å². The molecule has 0 aliphatic heterocycles. The van der Waals surface area contributed by atoms with E-state index in [-0.39, 0.29) is 64.2 Å². The number of carbonyl (C=O) groups is 1. The molecule has 7 nitrogen and oxygen atoms in total. The van der Waals surface area contributed by atoms with Crippen molar-refractivity contribution >= 4 is 33.4 Å². The van der Waals surface area contributed by atoms with Gasteiger partial charge in [0.25, 0.3) is 0 Å². The Balaban J connectivity index is -0.000000720. The topological polar surface area (TPSA) is 121 Å². The number of nitrogens with one attached hydrogen (secondary N) is 2. The maximum Gasteiger partial charge on any atom is 1.00 e. The van der Waals surface area contributed by atoms with Gasteiger partial charge in [-0.05, 0) is 12.2 Å². The van der Waals surface area contributed by atoms with Gasteiger partial charge in [-0.2, -0.15) is 0 Å². The Hall–Kier alpha value is 1.07. The zero-order valence-electron chi connectivity index (χ0n) is 8.27. The minimum atomic E-state index is -4.41. The summed E-state index contributed by atoms with van der Waals surface area (Å²) in [7, 11) is -4.41. The van der Waals surface area contributed by atoms with Crippen LogP contribution in [0.1, 0.15) is 0 Å². The fraction of sp³-hybridized carbons (Fsp3) is 0.500. The molecule has 0 heterocycles. The van der Waals surface area contributed by atoms with Crippen LogP contribution in [0.15, 0.2) is 0 Å². The molecule has 11 heteroatoms. The minimum absolute atomic E-state index is 0. The van der Waals surface area contributed by atoms with E-state index in [9.17, 15) is 22.9 Å². The average Bonchev–Trinajstić information content (AvgIpc) is 1.95. The molecule has 0 radical (unpaired) electrons. The van der Waals surface area contributed by atoms with Crippen LogP contribution in [-0.2, 0) is 14.9 Å². The zero-order valence-corrected chi connectivity index (χ0v) is 13.9. The van der Waals surface area contributed by atoms with Gasteiger partial charge in [-0.3, -0.25) is 0 Å². The molecule has 0 aromatic carbocycles. The van der Waals surface area contributed by atoms with Gasteiger partial charge < -0.3 is 25.1 Å². The van der Waals surface area contributed by atoms with E-state index in [4.69, 9.17) is 0 Å². The van der Waals surface area contributed by atoms with E-state index in [1.807, 2.05) is 5.32 Å². The average molecular weight is 272 g/mol. The molecule has 15 heavy (non-hydrogen) atoms. The van der Waals surface area contributed by atoms with Gasteiger partial charge in [0, 0.05) is 0 Å². The SMILES string of the molecule is O=C([O-])CNC(=S)NCS(=O)(=O)[O-].[Na+].[Na+]. The number of rotatable bonds is 4. The van der Waals surface area contributed by atoms with E-state index >= 15 is 0 Å². The molecule has 0 aliphatic carbocycles. The monoisotopic (exact) mass is 272 g/mol. The molecule has 76 valence electrons. The molecule has 0 saturated carbocycles. The number of carboxylic acids is 1. The van der Waals surface area contributed by atoms with Gasteiger partial charge in [-0.1, -0.05) is 0 Å². The summed E-state index contributed by atoms with van der Waals surface area (Å²) in [6.07, 6.45) is 0. The fourth-order valence-corrected chi connectivity index (χ4v) is 0.926. The van der Waals surface area contributed by atoms with Crippen LogP contribution in [0.5, 0.6) is 0 Å². The molecule has 0 saturated heterocycles. The minimum Gasteiger partial charge on any atom is -0.747 e. The number of hydrogen-bond donors (Lipinski definition) is 2. The summed E-state index contributed by atoms with van der Waals surface area (Å²) in [6.45, 7) is -0.551. The molecule has 0 rings (SSSR count). The van der Waals surface area contributed by atoms with Crippen LogP contribution in [0.2, 0.25) is 0 Å². The molecule has 0 spiro atoms. The first-order chi connectivity index (χ1) is 5.81. The maximum atomic E-state index is 10.0. The van der Waals surface area contributed by atoms with Crippen molar-refractivity contribution in [1.29, 1.82) is 0 Å². The van der Waals surface area contributed by atoms with Crippen LogP contribution in [0, 0.1) is 0 Å². The molecule has 0 aliphatic rings. The molecular weight excluding hydrogens is 266 g/mol. The van der Waals surface area contributed by atoms with Gasteiger partial charge in [-0.25, -0.2) is 8.42 Å². The van der Waals surface area contributed by atoms with Crippen LogP contribution in [0.4, 0.5) is 0 Å². The predicted molar refractivity (Wildman–Crippen MR) is 43.3 cm³/mol. The number of carboxylic acid groups (broad SMARTS) is 1. The Labute approximate surface area is 137 Å². The van der Waals surface area contributed by atoms with Crippen molar-refractivity contribution < 1.29 is 82.0 Å². The number of aliphatic carboxylic acids is 1. The third-order valence-corrected chi connectivity index (χ3v) is 1.59. The summed E-state index contributed by atoms with van der Waals surface area (Å²) >= 11 is 4.42. The largest absolute Gasteiger partial charge is 1.00 e. The Morgan fingerprint density at radius 2 is 1.73 bits per heavy atom. The van der Waals surface area contributed by atoms with Crippen molar-refractivity contribution in [1.82, 2.24) is 10.6 Å². The molecule has 0 amide bonds. The van der Waals surface area contributed by atoms with Gasteiger partial charge in [0.15, 0.2) is 5.11 Å². The third kappa shape index (κ3) is 17.7. The fourth-order valence-electron chi connectivity index (χ4n) is 0.369. The normalized spacial score (nSPS) is 9.13. The van der Waals surface area contributed by atoms with E-state index in [0.717, 1.165) is 0 Å². The van der Waals surface area contributed by atoms with Gasteiger partial charge in [0.2, 0.25) is 0 Å². The van der Waals surface area contributed by atoms with Gasteiger partial charge in [0.1, 0.15) is 16.0 Å². The van der Waals surface area contributed by atoms with Gasteiger partial charge >= 0.3 is 59.1 Å². The summed E-state index contributed by atoms with van der Waals surface area (Å²) in [4.78, 5) is 9.86. The first-order valence-electron chi connectivity index (χ1n) is 2.96. The first-order valence-corrected chi connectivity index (χ1v) is 4.95. The molecule has 0 bridgehead atoms. The second kappa shape index (κ2) is 10.2. The summed E-state index contributed by atoms with van der Waals surface area (Å²) in [5.41, 5.74) is 0. The molecule has 0 fully saturated rings. The quantitative estimate of drug-likeness (QED) is 0.294. The van der Waals surface area contributed by atoms with Gasteiger partial charge in [0.05, 0.1) is 12.5 Å². The van der Waals surface area contributed by atoms with E-state index in [1.54, 1.807) is 0 Å². The zero-order chi connectivity index (χ0) is 10.5. The molecule has 2 N–H and O–H groups in total. The van der Waals surface area contributed by atoms with Crippen molar-refractivity contribution in [2.24, 2.45) is 0 Å². The third-order valence-electron chi connectivity index (χ3n) is 0.803.